The standard InChI is InChI=1S/C18H29ClN2O2/c1-14(2)12-23-13-18(22)11-20-16-7-9-21(10-8-16)17-5-3-15(19)4-6-17/h3-6,14,16,18,20,22H,7-13H2,1-2H3. The van der Waals surface area contributed by atoms with Crippen LogP contribution in [0, 0.1) is 5.92 Å². The minimum absolute atomic E-state index is 0.412. The molecule has 1 heterocycles. The molecule has 1 aromatic rings. The highest BCUT2D eigenvalue weighted by Gasteiger charge is 2.19. The lowest BCUT2D eigenvalue weighted by Crippen LogP contribution is -2.45. The Labute approximate surface area is 144 Å². The van der Waals surface area contributed by atoms with Crippen LogP contribution in [0.4, 0.5) is 5.69 Å². The van der Waals surface area contributed by atoms with E-state index in [1.54, 1.807) is 0 Å². The van der Waals surface area contributed by atoms with Crippen LogP contribution >= 0.6 is 11.6 Å². The quantitative estimate of drug-likeness (QED) is 0.763. The predicted octanol–water partition coefficient (Wildman–Crippen LogP) is 2.93. The van der Waals surface area contributed by atoms with Crippen LogP contribution in [-0.4, -0.2) is 50.1 Å². The van der Waals surface area contributed by atoms with Gasteiger partial charge in [-0.15, -0.1) is 0 Å². The zero-order valence-corrected chi connectivity index (χ0v) is 14.9. The first-order valence-electron chi connectivity index (χ1n) is 8.54. The molecule has 1 atom stereocenters. The second-order valence-electron chi connectivity index (χ2n) is 6.73. The minimum Gasteiger partial charge on any atom is -0.389 e. The van der Waals surface area contributed by atoms with E-state index < -0.39 is 6.10 Å². The second kappa shape index (κ2) is 9.48. The summed E-state index contributed by atoms with van der Waals surface area (Å²) in [5.41, 5.74) is 1.23. The average Bonchev–Trinajstić information content (AvgIpc) is 2.54. The van der Waals surface area contributed by atoms with Crippen LogP contribution < -0.4 is 10.2 Å². The van der Waals surface area contributed by atoms with Crippen molar-refractivity contribution in [3.8, 4) is 0 Å². The Morgan fingerprint density at radius 3 is 2.48 bits per heavy atom. The number of aliphatic hydroxyl groups is 1. The van der Waals surface area contributed by atoms with Crippen molar-refractivity contribution < 1.29 is 9.84 Å². The number of anilines is 1. The van der Waals surface area contributed by atoms with Crippen LogP contribution in [0.25, 0.3) is 0 Å². The number of hydrogen-bond acceptors (Lipinski definition) is 4. The lowest BCUT2D eigenvalue weighted by Gasteiger charge is -2.34. The molecule has 1 aromatic carbocycles. The zero-order chi connectivity index (χ0) is 16.7. The number of nitrogens with zero attached hydrogens (tertiary/aromatic N) is 1. The summed E-state index contributed by atoms with van der Waals surface area (Å²) in [6, 6.07) is 8.50. The van der Waals surface area contributed by atoms with Gasteiger partial charge in [0.2, 0.25) is 0 Å². The minimum atomic E-state index is -0.428. The van der Waals surface area contributed by atoms with Gasteiger partial charge in [0.15, 0.2) is 0 Å². The van der Waals surface area contributed by atoms with Crippen LogP contribution in [0.5, 0.6) is 0 Å². The number of hydrogen-bond donors (Lipinski definition) is 2. The first-order valence-corrected chi connectivity index (χ1v) is 8.92. The van der Waals surface area contributed by atoms with Crippen molar-refractivity contribution in [3.63, 3.8) is 0 Å². The first kappa shape index (κ1) is 18.5. The van der Waals surface area contributed by atoms with Gasteiger partial charge in [-0.2, -0.15) is 0 Å². The number of ether oxygens (including phenoxy) is 1. The number of rotatable bonds is 8. The molecule has 0 amide bonds. The fraction of sp³-hybridized carbons (Fsp3) is 0.667. The van der Waals surface area contributed by atoms with E-state index in [-0.39, 0.29) is 0 Å². The average molecular weight is 341 g/mol. The summed E-state index contributed by atoms with van der Waals surface area (Å²) in [6.45, 7) is 7.99. The Kier molecular flexibility index (Phi) is 7.63. The largest absolute Gasteiger partial charge is 0.389 e. The molecule has 4 nitrogen and oxygen atoms in total. The monoisotopic (exact) mass is 340 g/mol. The summed E-state index contributed by atoms with van der Waals surface area (Å²) in [5, 5.41) is 14.2. The number of aliphatic hydroxyl groups excluding tert-OH is 1. The first-order chi connectivity index (χ1) is 11.0. The van der Waals surface area contributed by atoms with Gasteiger partial charge in [0.25, 0.3) is 0 Å². The van der Waals surface area contributed by atoms with Crippen molar-refractivity contribution >= 4 is 17.3 Å². The van der Waals surface area contributed by atoms with Crippen molar-refractivity contribution in [2.75, 3.05) is 37.7 Å². The maximum absolute atomic E-state index is 9.94. The Hall–Kier alpha value is -0.810. The Balaban J connectivity index is 1.63. The van der Waals surface area contributed by atoms with Crippen molar-refractivity contribution in [1.82, 2.24) is 5.32 Å². The highest BCUT2D eigenvalue weighted by Crippen LogP contribution is 2.22. The van der Waals surface area contributed by atoms with E-state index in [2.05, 4.69) is 36.2 Å². The maximum Gasteiger partial charge on any atom is 0.0897 e. The number of halogens is 1. The van der Waals surface area contributed by atoms with Gasteiger partial charge in [-0.3, -0.25) is 0 Å². The van der Waals surface area contributed by atoms with Gasteiger partial charge in [-0.05, 0) is 43.0 Å². The lowest BCUT2D eigenvalue weighted by molar-refractivity contribution is 0.0246. The molecular weight excluding hydrogens is 312 g/mol. The molecular formula is C18H29ClN2O2. The van der Waals surface area contributed by atoms with E-state index in [0.29, 0.717) is 31.7 Å². The number of piperidine rings is 1. The molecule has 0 saturated carbocycles. The van der Waals surface area contributed by atoms with E-state index in [4.69, 9.17) is 16.3 Å². The summed E-state index contributed by atoms with van der Waals surface area (Å²) < 4.78 is 5.47. The molecule has 0 radical (unpaired) electrons. The third-order valence-corrected chi connectivity index (χ3v) is 4.34. The lowest BCUT2D eigenvalue weighted by atomic mass is 10.0. The molecule has 1 unspecified atom stereocenters. The Morgan fingerprint density at radius 1 is 1.22 bits per heavy atom. The van der Waals surface area contributed by atoms with Crippen LogP contribution in [0.2, 0.25) is 5.02 Å². The van der Waals surface area contributed by atoms with Crippen molar-refractivity contribution in [2.24, 2.45) is 5.92 Å². The second-order valence-corrected chi connectivity index (χ2v) is 7.17. The third kappa shape index (κ3) is 6.68. The van der Waals surface area contributed by atoms with Gasteiger partial charge < -0.3 is 20.1 Å². The molecule has 5 heteroatoms. The Bertz CT molecular complexity index is 445. The van der Waals surface area contributed by atoms with Crippen molar-refractivity contribution in [1.29, 1.82) is 0 Å². The van der Waals surface area contributed by atoms with Crippen molar-refractivity contribution in [2.45, 2.75) is 38.8 Å². The van der Waals surface area contributed by atoms with E-state index in [0.717, 1.165) is 31.0 Å². The fourth-order valence-corrected chi connectivity index (χ4v) is 2.92. The molecule has 1 aliphatic rings. The molecule has 130 valence electrons. The van der Waals surface area contributed by atoms with E-state index in [1.165, 1.54) is 5.69 Å². The summed E-state index contributed by atoms with van der Waals surface area (Å²) in [4.78, 5) is 2.39. The molecule has 0 spiro atoms. The SMILES string of the molecule is CC(C)COCC(O)CNC1CCN(c2ccc(Cl)cc2)CC1. The van der Waals surface area contributed by atoms with Gasteiger partial charge >= 0.3 is 0 Å². The van der Waals surface area contributed by atoms with E-state index in [1.807, 2.05) is 12.1 Å². The van der Waals surface area contributed by atoms with Gasteiger partial charge in [-0.25, -0.2) is 0 Å². The number of benzene rings is 1. The number of nitrogens with one attached hydrogen (secondary N) is 1. The molecule has 1 saturated heterocycles. The zero-order valence-electron chi connectivity index (χ0n) is 14.2. The molecule has 2 rings (SSSR count). The summed E-state index contributed by atoms with van der Waals surface area (Å²) in [7, 11) is 0. The molecule has 2 N–H and O–H groups in total. The van der Waals surface area contributed by atoms with Gasteiger partial charge in [-0.1, -0.05) is 25.4 Å². The van der Waals surface area contributed by atoms with Crippen LogP contribution in [0.1, 0.15) is 26.7 Å². The third-order valence-electron chi connectivity index (χ3n) is 4.09. The molecule has 0 aromatic heterocycles. The topological polar surface area (TPSA) is 44.7 Å². The van der Waals surface area contributed by atoms with Crippen molar-refractivity contribution in [3.05, 3.63) is 29.3 Å². The van der Waals surface area contributed by atoms with Gasteiger partial charge in [0.1, 0.15) is 0 Å². The summed E-state index contributed by atoms with van der Waals surface area (Å²) in [6.07, 6.45) is 1.74. The van der Waals surface area contributed by atoms with Crippen LogP contribution in [0.15, 0.2) is 24.3 Å². The van der Waals surface area contributed by atoms with Gasteiger partial charge in [0.05, 0.1) is 12.7 Å². The highest BCUT2D eigenvalue weighted by molar-refractivity contribution is 6.30. The van der Waals surface area contributed by atoms with Crippen LogP contribution in [-0.2, 0) is 4.74 Å². The van der Waals surface area contributed by atoms with E-state index >= 15 is 0 Å². The Morgan fingerprint density at radius 2 is 1.87 bits per heavy atom. The summed E-state index contributed by atoms with van der Waals surface area (Å²) in [5.74, 6) is 0.507. The molecule has 0 aliphatic carbocycles. The van der Waals surface area contributed by atoms with Gasteiger partial charge in [0, 0.05) is 43.0 Å². The van der Waals surface area contributed by atoms with Crippen LogP contribution in [0.3, 0.4) is 0 Å². The molecule has 1 fully saturated rings. The molecule has 0 bridgehead atoms. The maximum atomic E-state index is 9.94. The summed E-state index contributed by atoms with van der Waals surface area (Å²) >= 11 is 5.94. The smallest absolute Gasteiger partial charge is 0.0897 e. The predicted molar refractivity (Wildman–Crippen MR) is 96.4 cm³/mol. The fourth-order valence-electron chi connectivity index (χ4n) is 2.80. The molecule has 1 aliphatic heterocycles. The van der Waals surface area contributed by atoms with E-state index in [9.17, 15) is 5.11 Å². The normalized spacial score (nSPS) is 17.7. The highest BCUT2D eigenvalue weighted by atomic mass is 35.5. The molecule has 23 heavy (non-hydrogen) atoms.